The first kappa shape index (κ1) is 27.2. The monoisotopic (exact) mass is 524 g/mol. The number of ether oxygens (including phenoxy) is 2. The molecule has 1 aliphatic rings. The molecule has 10 nitrogen and oxygen atoms in total. The Kier molecular flexibility index (Phi) is 8.08. The number of benzene rings is 2. The van der Waals surface area contributed by atoms with Gasteiger partial charge in [0, 0.05) is 12.1 Å². The van der Waals surface area contributed by atoms with Gasteiger partial charge in [-0.25, -0.2) is 4.79 Å². The molecule has 4 rings (SSSR count). The van der Waals surface area contributed by atoms with Gasteiger partial charge in [0.1, 0.15) is 47.3 Å². The Morgan fingerprint density at radius 3 is 2.47 bits per heavy atom. The highest BCUT2D eigenvalue weighted by Gasteiger charge is 2.48. The third-order valence-electron chi connectivity index (χ3n) is 6.31. The molecule has 5 atom stereocenters. The Hall–Kier alpha value is -3.83. The van der Waals surface area contributed by atoms with Crippen molar-refractivity contribution in [3.63, 3.8) is 0 Å². The predicted molar refractivity (Wildman–Crippen MR) is 135 cm³/mol. The maximum atomic E-state index is 12.9. The number of hydrogen-bond acceptors (Lipinski definition) is 10. The third kappa shape index (κ3) is 5.53. The van der Waals surface area contributed by atoms with Crippen LogP contribution in [0.25, 0.3) is 17.0 Å². The molecule has 5 unspecified atom stereocenters. The van der Waals surface area contributed by atoms with Crippen LogP contribution in [0.1, 0.15) is 35.5 Å². The average molecular weight is 525 g/mol. The quantitative estimate of drug-likeness (QED) is 0.264. The van der Waals surface area contributed by atoms with Crippen LogP contribution in [-0.4, -0.2) is 63.2 Å². The SMILES string of the molecule is CC(=O)Cc1cc(=O)c2c(C)cc(O)c(C3OC(CO)C(O)C(O)C3OC(=O)C=Cc3ccccc3)c2o1. The first-order valence-corrected chi connectivity index (χ1v) is 12.0. The van der Waals surface area contributed by atoms with E-state index in [0.29, 0.717) is 11.1 Å². The van der Waals surface area contributed by atoms with Crippen molar-refractivity contribution in [3.8, 4) is 5.75 Å². The van der Waals surface area contributed by atoms with Crippen molar-refractivity contribution in [2.75, 3.05) is 6.61 Å². The summed E-state index contributed by atoms with van der Waals surface area (Å²) in [5, 5.41) is 42.2. The van der Waals surface area contributed by atoms with Crippen LogP contribution in [0, 0.1) is 6.92 Å². The molecule has 3 aromatic rings. The lowest BCUT2D eigenvalue weighted by atomic mass is 9.89. The van der Waals surface area contributed by atoms with Crippen molar-refractivity contribution in [1.29, 1.82) is 0 Å². The number of ketones is 1. The maximum Gasteiger partial charge on any atom is 0.331 e. The fraction of sp³-hybridized carbons (Fsp3) is 0.321. The van der Waals surface area contributed by atoms with Crippen LogP contribution in [0.15, 0.2) is 57.8 Å². The number of phenolic OH excluding ortho intramolecular Hbond substituents is 1. The van der Waals surface area contributed by atoms with Gasteiger partial charge in [0.25, 0.3) is 0 Å². The smallest absolute Gasteiger partial charge is 0.331 e. The molecular formula is C28H28O10. The highest BCUT2D eigenvalue weighted by Crippen LogP contribution is 2.42. The summed E-state index contributed by atoms with van der Waals surface area (Å²) < 4.78 is 17.2. The number of carbonyl (C=O) groups is 2. The van der Waals surface area contributed by atoms with Gasteiger partial charge in [-0.15, -0.1) is 0 Å². The van der Waals surface area contributed by atoms with Gasteiger partial charge in [-0.2, -0.15) is 0 Å². The molecule has 2 heterocycles. The number of aliphatic hydroxyl groups is 3. The van der Waals surface area contributed by atoms with Gasteiger partial charge in [0.2, 0.25) is 0 Å². The number of aliphatic hydroxyl groups excluding tert-OH is 3. The van der Waals surface area contributed by atoms with Crippen LogP contribution in [0.5, 0.6) is 5.75 Å². The van der Waals surface area contributed by atoms with E-state index < -0.39 is 54.3 Å². The van der Waals surface area contributed by atoms with Crippen molar-refractivity contribution in [2.24, 2.45) is 0 Å². The largest absolute Gasteiger partial charge is 0.507 e. The molecule has 4 N–H and O–H groups in total. The molecule has 1 fully saturated rings. The minimum Gasteiger partial charge on any atom is -0.507 e. The lowest BCUT2D eigenvalue weighted by molar-refractivity contribution is -0.239. The molecule has 200 valence electrons. The van der Waals surface area contributed by atoms with E-state index in [0.717, 1.165) is 6.08 Å². The van der Waals surface area contributed by atoms with Crippen LogP contribution in [0.4, 0.5) is 0 Å². The molecule has 10 heteroatoms. The topological polar surface area (TPSA) is 164 Å². The second kappa shape index (κ2) is 11.3. The fourth-order valence-corrected chi connectivity index (χ4v) is 4.54. The van der Waals surface area contributed by atoms with E-state index in [9.17, 15) is 34.8 Å². The van der Waals surface area contributed by atoms with E-state index >= 15 is 0 Å². The van der Waals surface area contributed by atoms with Gasteiger partial charge < -0.3 is 34.3 Å². The number of rotatable bonds is 7. The number of Topliss-reactive ketones (excluding diaryl/α,β-unsaturated/α-hetero) is 1. The Labute approximate surface area is 217 Å². The zero-order valence-electron chi connectivity index (χ0n) is 20.7. The second-order valence-corrected chi connectivity index (χ2v) is 9.19. The minimum atomic E-state index is -1.73. The number of carbonyl (C=O) groups excluding carboxylic acids is 2. The van der Waals surface area contributed by atoms with Crippen LogP contribution in [0.3, 0.4) is 0 Å². The van der Waals surface area contributed by atoms with Crippen LogP contribution in [0.2, 0.25) is 0 Å². The fourth-order valence-electron chi connectivity index (χ4n) is 4.54. The normalized spacial score (nSPS) is 23.6. The average Bonchev–Trinajstić information content (AvgIpc) is 2.86. The van der Waals surface area contributed by atoms with Crippen LogP contribution >= 0.6 is 0 Å². The first-order valence-electron chi connectivity index (χ1n) is 12.0. The molecule has 1 aliphatic heterocycles. The molecule has 2 aromatic carbocycles. The van der Waals surface area contributed by atoms with E-state index in [1.807, 2.05) is 6.07 Å². The number of fused-ring (bicyclic) bond motifs is 1. The summed E-state index contributed by atoms with van der Waals surface area (Å²) in [4.78, 5) is 37.4. The Balaban J connectivity index is 1.82. The number of hydrogen-bond donors (Lipinski definition) is 4. The van der Waals surface area contributed by atoms with Gasteiger partial charge in [0.15, 0.2) is 11.5 Å². The molecule has 38 heavy (non-hydrogen) atoms. The van der Waals surface area contributed by atoms with Crippen molar-refractivity contribution < 1.29 is 43.9 Å². The summed E-state index contributed by atoms with van der Waals surface area (Å²) in [5.74, 6) is -1.51. The van der Waals surface area contributed by atoms with Gasteiger partial charge in [-0.05, 0) is 37.1 Å². The lowest BCUT2D eigenvalue weighted by Crippen LogP contribution is -2.56. The molecule has 0 spiro atoms. The van der Waals surface area contributed by atoms with Crippen molar-refractivity contribution in [1.82, 2.24) is 0 Å². The van der Waals surface area contributed by atoms with E-state index in [1.54, 1.807) is 31.2 Å². The standard InChI is InChI=1S/C28H28O10/c1-14-10-18(31)23(26-22(14)19(32)12-17(36-26)11-15(2)30)27-28(25(35)24(34)20(13-29)37-27)38-21(33)9-8-16-6-4-3-5-7-16/h3-10,12,20,24-25,27-29,31,34-35H,11,13H2,1-2H3. The maximum absolute atomic E-state index is 12.9. The zero-order valence-corrected chi connectivity index (χ0v) is 20.7. The van der Waals surface area contributed by atoms with Gasteiger partial charge in [0.05, 0.1) is 24.0 Å². The Bertz CT molecular complexity index is 1430. The molecule has 0 saturated carbocycles. The van der Waals surface area contributed by atoms with E-state index in [1.165, 1.54) is 25.1 Å². The predicted octanol–water partition coefficient (Wildman–Crippen LogP) is 1.72. The molecule has 0 bridgehead atoms. The molecule has 0 amide bonds. The molecule has 1 saturated heterocycles. The highest BCUT2D eigenvalue weighted by molar-refractivity contribution is 5.88. The van der Waals surface area contributed by atoms with E-state index in [4.69, 9.17) is 13.9 Å². The third-order valence-corrected chi connectivity index (χ3v) is 6.31. The number of aryl methyl sites for hydroxylation is 1. The summed E-state index contributed by atoms with van der Waals surface area (Å²) in [6, 6.07) is 11.4. The summed E-state index contributed by atoms with van der Waals surface area (Å²) in [6.07, 6.45) is -5.28. The minimum absolute atomic E-state index is 0.0377. The molecule has 0 radical (unpaired) electrons. The highest BCUT2D eigenvalue weighted by atomic mass is 16.6. The first-order chi connectivity index (χ1) is 18.1. The molecular weight excluding hydrogens is 496 g/mol. The second-order valence-electron chi connectivity index (χ2n) is 9.19. The van der Waals surface area contributed by atoms with E-state index in [-0.39, 0.29) is 34.5 Å². The van der Waals surface area contributed by atoms with E-state index in [2.05, 4.69) is 0 Å². The van der Waals surface area contributed by atoms with Gasteiger partial charge in [-0.1, -0.05) is 30.3 Å². The molecule has 1 aromatic heterocycles. The zero-order chi connectivity index (χ0) is 27.6. The Morgan fingerprint density at radius 2 is 1.82 bits per heavy atom. The number of esters is 1. The molecule has 0 aliphatic carbocycles. The summed E-state index contributed by atoms with van der Waals surface area (Å²) in [6.45, 7) is 2.20. The summed E-state index contributed by atoms with van der Waals surface area (Å²) >= 11 is 0. The van der Waals surface area contributed by atoms with Crippen molar-refractivity contribution in [3.05, 3.63) is 81.2 Å². The van der Waals surface area contributed by atoms with Gasteiger partial charge >= 0.3 is 5.97 Å². The summed E-state index contributed by atoms with van der Waals surface area (Å²) in [5.41, 5.74) is 0.345. The lowest BCUT2D eigenvalue weighted by Gasteiger charge is -2.42. The van der Waals surface area contributed by atoms with Gasteiger partial charge in [-0.3, -0.25) is 9.59 Å². The van der Waals surface area contributed by atoms with Crippen LogP contribution in [-0.2, 0) is 25.5 Å². The number of phenols is 1. The Morgan fingerprint density at radius 1 is 1.11 bits per heavy atom. The summed E-state index contributed by atoms with van der Waals surface area (Å²) in [7, 11) is 0. The van der Waals surface area contributed by atoms with Crippen LogP contribution < -0.4 is 5.43 Å². The van der Waals surface area contributed by atoms with Crippen molar-refractivity contribution in [2.45, 2.75) is 50.8 Å². The number of aromatic hydroxyl groups is 1. The van der Waals surface area contributed by atoms with Crippen molar-refractivity contribution >= 4 is 28.8 Å².